The molecule has 1 aliphatic heterocycles. The maximum Gasteiger partial charge on any atom is 0.277 e. The molecule has 1 aromatic carbocycles. The molecule has 0 radical (unpaired) electrons. The van der Waals surface area contributed by atoms with Crippen LogP contribution in [0.3, 0.4) is 0 Å². The maximum absolute atomic E-state index is 13.6. The molecule has 0 unspecified atom stereocenters. The summed E-state index contributed by atoms with van der Waals surface area (Å²) in [5, 5.41) is 0. The number of pyridine rings is 1. The van der Waals surface area contributed by atoms with Crippen LogP contribution in [0.5, 0.6) is 0 Å². The van der Waals surface area contributed by atoms with Crippen molar-refractivity contribution < 1.29 is 9.18 Å². The third-order valence-electron chi connectivity index (χ3n) is 4.31. The molecule has 0 saturated heterocycles. The highest BCUT2D eigenvalue weighted by molar-refractivity contribution is 6.06. The van der Waals surface area contributed by atoms with Crippen molar-refractivity contribution in [3.05, 3.63) is 65.4 Å². The van der Waals surface area contributed by atoms with Gasteiger partial charge in [-0.1, -0.05) is 18.2 Å². The van der Waals surface area contributed by atoms with Crippen LogP contribution in [-0.4, -0.2) is 21.8 Å². The molecule has 4 nitrogen and oxygen atoms in total. The molecule has 0 atom stereocenters. The molecule has 0 saturated carbocycles. The summed E-state index contributed by atoms with van der Waals surface area (Å²) in [6.07, 6.45) is 3.21. The predicted molar refractivity (Wildman–Crippen MR) is 86.3 cm³/mol. The average Bonchev–Trinajstić information content (AvgIpc) is 2.89. The molecule has 0 spiro atoms. The first kappa shape index (κ1) is 13.9. The van der Waals surface area contributed by atoms with Crippen molar-refractivity contribution in [2.45, 2.75) is 19.8 Å². The van der Waals surface area contributed by atoms with Crippen molar-refractivity contribution in [1.29, 1.82) is 0 Å². The molecule has 2 aromatic heterocycles. The minimum Gasteiger partial charge on any atom is -0.307 e. The minimum absolute atomic E-state index is 0.132. The molecule has 1 amide bonds. The Morgan fingerprint density at radius 3 is 2.91 bits per heavy atom. The Balaban J connectivity index is 1.85. The summed E-state index contributed by atoms with van der Waals surface area (Å²) in [7, 11) is 0. The number of aromatic nitrogens is 2. The normalized spacial score (nSPS) is 14.1. The zero-order chi connectivity index (χ0) is 16.0. The number of carbonyl (C=O) groups excluding carboxylic acids is 1. The number of aryl methyl sites for hydroxylation is 2. The van der Waals surface area contributed by atoms with Gasteiger partial charge in [0.25, 0.3) is 5.91 Å². The lowest BCUT2D eigenvalue weighted by Crippen LogP contribution is -2.36. The van der Waals surface area contributed by atoms with Crippen molar-refractivity contribution in [3.63, 3.8) is 0 Å². The van der Waals surface area contributed by atoms with Crippen molar-refractivity contribution in [2.75, 3.05) is 11.4 Å². The van der Waals surface area contributed by atoms with Crippen LogP contribution in [0.1, 0.15) is 28.2 Å². The summed E-state index contributed by atoms with van der Waals surface area (Å²) in [5.41, 5.74) is 3.73. The molecule has 4 rings (SSSR count). The maximum atomic E-state index is 13.6. The number of anilines is 1. The van der Waals surface area contributed by atoms with Crippen LogP contribution < -0.4 is 4.90 Å². The topological polar surface area (TPSA) is 37.6 Å². The Morgan fingerprint density at radius 1 is 1.22 bits per heavy atom. The van der Waals surface area contributed by atoms with Crippen molar-refractivity contribution in [1.82, 2.24) is 9.38 Å². The first-order valence-corrected chi connectivity index (χ1v) is 7.69. The molecule has 0 aliphatic carbocycles. The van der Waals surface area contributed by atoms with E-state index in [1.54, 1.807) is 22.3 Å². The fourth-order valence-corrected chi connectivity index (χ4v) is 3.27. The lowest BCUT2D eigenvalue weighted by molar-refractivity contribution is 0.0979. The number of nitrogens with zero attached hydrogens (tertiary/aromatic N) is 3. The van der Waals surface area contributed by atoms with Crippen molar-refractivity contribution in [3.8, 4) is 0 Å². The van der Waals surface area contributed by atoms with Crippen LogP contribution in [0.4, 0.5) is 10.1 Å². The zero-order valence-corrected chi connectivity index (χ0v) is 12.8. The van der Waals surface area contributed by atoms with Crippen LogP contribution >= 0.6 is 0 Å². The summed E-state index contributed by atoms with van der Waals surface area (Å²) in [6, 6.07) is 10.9. The highest BCUT2D eigenvalue weighted by Gasteiger charge is 2.27. The SMILES string of the molecule is Cc1nc2ccc(F)cn2c1C(=O)N1CCCc2ccccc21. The second kappa shape index (κ2) is 5.19. The van der Waals surface area contributed by atoms with Gasteiger partial charge in [-0.15, -0.1) is 0 Å². The van der Waals surface area contributed by atoms with E-state index < -0.39 is 0 Å². The molecule has 116 valence electrons. The van der Waals surface area contributed by atoms with Gasteiger partial charge in [-0.2, -0.15) is 0 Å². The Kier molecular flexibility index (Phi) is 3.15. The molecule has 1 aliphatic rings. The Labute approximate surface area is 133 Å². The highest BCUT2D eigenvalue weighted by atomic mass is 19.1. The van der Waals surface area contributed by atoms with E-state index in [2.05, 4.69) is 11.1 Å². The monoisotopic (exact) mass is 309 g/mol. The first-order chi connectivity index (χ1) is 11.1. The van der Waals surface area contributed by atoms with E-state index in [0.717, 1.165) is 18.5 Å². The number of hydrogen-bond donors (Lipinski definition) is 0. The number of fused-ring (bicyclic) bond motifs is 2. The second-order valence-corrected chi connectivity index (χ2v) is 5.81. The van der Waals surface area contributed by atoms with E-state index in [1.807, 2.05) is 18.2 Å². The van der Waals surface area contributed by atoms with Gasteiger partial charge in [-0.3, -0.25) is 9.20 Å². The summed E-state index contributed by atoms with van der Waals surface area (Å²) in [5.74, 6) is -0.518. The van der Waals surface area contributed by atoms with Gasteiger partial charge < -0.3 is 4.90 Å². The predicted octanol–water partition coefficient (Wildman–Crippen LogP) is 3.37. The number of hydrogen-bond acceptors (Lipinski definition) is 2. The molecule has 0 bridgehead atoms. The van der Waals surface area contributed by atoms with Gasteiger partial charge in [0, 0.05) is 18.4 Å². The van der Waals surface area contributed by atoms with Crippen molar-refractivity contribution in [2.24, 2.45) is 0 Å². The average molecular weight is 309 g/mol. The standard InChI is InChI=1S/C18H16FN3O/c1-12-17(22-11-14(19)8-9-16(22)20-12)18(23)21-10-4-6-13-5-2-3-7-15(13)21/h2-3,5,7-9,11H,4,6,10H2,1H3. The van der Waals surface area contributed by atoms with Gasteiger partial charge in [0.15, 0.2) is 0 Å². The lowest BCUT2D eigenvalue weighted by Gasteiger charge is -2.29. The number of benzene rings is 1. The van der Waals surface area contributed by atoms with Crippen LogP contribution in [0, 0.1) is 12.7 Å². The van der Waals surface area contributed by atoms with Crippen LogP contribution in [0.25, 0.3) is 5.65 Å². The molecule has 0 N–H and O–H groups in total. The summed E-state index contributed by atoms with van der Waals surface area (Å²) in [6.45, 7) is 2.45. The minimum atomic E-state index is -0.386. The number of amides is 1. The van der Waals surface area contributed by atoms with Gasteiger partial charge in [0.2, 0.25) is 0 Å². The van der Waals surface area contributed by atoms with E-state index in [4.69, 9.17) is 0 Å². The quantitative estimate of drug-likeness (QED) is 0.691. The first-order valence-electron chi connectivity index (χ1n) is 7.69. The van der Waals surface area contributed by atoms with E-state index in [1.165, 1.54) is 17.8 Å². The Hall–Kier alpha value is -2.69. The largest absolute Gasteiger partial charge is 0.307 e. The number of imidazole rings is 1. The van der Waals surface area contributed by atoms with E-state index in [9.17, 15) is 9.18 Å². The summed E-state index contributed by atoms with van der Waals surface area (Å²) < 4.78 is 15.1. The van der Waals surface area contributed by atoms with E-state index in [0.29, 0.717) is 23.6 Å². The lowest BCUT2D eigenvalue weighted by atomic mass is 10.0. The second-order valence-electron chi connectivity index (χ2n) is 5.81. The molecule has 3 heterocycles. The molecular formula is C18H16FN3O. The summed E-state index contributed by atoms with van der Waals surface area (Å²) in [4.78, 5) is 19.3. The van der Waals surface area contributed by atoms with Gasteiger partial charge in [-0.25, -0.2) is 9.37 Å². The van der Waals surface area contributed by atoms with Crippen molar-refractivity contribution >= 4 is 17.2 Å². The van der Waals surface area contributed by atoms with Gasteiger partial charge >= 0.3 is 0 Å². The fraction of sp³-hybridized carbons (Fsp3) is 0.222. The molecular weight excluding hydrogens is 293 g/mol. The van der Waals surface area contributed by atoms with Gasteiger partial charge in [0.1, 0.15) is 17.2 Å². The molecule has 5 heteroatoms. The van der Waals surface area contributed by atoms with Crippen LogP contribution in [0.2, 0.25) is 0 Å². The number of halogens is 1. The third kappa shape index (κ3) is 2.20. The number of carbonyl (C=O) groups is 1. The number of para-hydroxylation sites is 1. The smallest absolute Gasteiger partial charge is 0.277 e. The van der Waals surface area contributed by atoms with Gasteiger partial charge in [-0.05, 0) is 43.5 Å². The van der Waals surface area contributed by atoms with E-state index >= 15 is 0 Å². The summed E-state index contributed by atoms with van der Waals surface area (Å²) >= 11 is 0. The number of rotatable bonds is 1. The fourth-order valence-electron chi connectivity index (χ4n) is 3.27. The van der Waals surface area contributed by atoms with Crippen LogP contribution in [-0.2, 0) is 6.42 Å². The van der Waals surface area contributed by atoms with Crippen LogP contribution in [0.15, 0.2) is 42.6 Å². The highest BCUT2D eigenvalue weighted by Crippen LogP contribution is 2.29. The van der Waals surface area contributed by atoms with Gasteiger partial charge in [0.05, 0.1) is 5.69 Å². The third-order valence-corrected chi connectivity index (χ3v) is 4.31. The molecule has 23 heavy (non-hydrogen) atoms. The zero-order valence-electron chi connectivity index (χ0n) is 12.8. The van der Waals surface area contributed by atoms with E-state index in [-0.39, 0.29) is 11.7 Å². The Morgan fingerprint density at radius 2 is 2.04 bits per heavy atom. The Bertz CT molecular complexity index is 916. The molecule has 3 aromatic rings. The molecule has 0 fully saturated rings.